The smallest absolute Gasteiger partial charge is 0.0540 e. The molecule has 0 fully saturated rings. The molecular weight excluding hydrogens is 725 g/mol. The summed E-state index contributed by atoms with van der Waals surface area (Å²) in [7, 11) is 0. The minimum Gasteiger partial charge on any atom is -0.310 e. The van der Waals surface area contributed by atoms with Crippen LogP contribution in [-0.2, 0) is 5.41 Å². The predicted octanol–water partition coefficient (Wildman–Crippen LogP) is 14.0. The maximum absolute atomic E-state index is 4.70. The van der Waals surface area contributed by atoms with E-state index in [-0.39, 0.29) is 5.41 Å². The lowest BCUT2D eigenvalue weighted by Gasteiger charge is -2.33. The van der Waals surface area contributed by atoms with Gasteiger partial charge in [0.25, 0.3) is 0 Å². The molecule has 0 radical (unpaired) electrons. The molecule has 0 amide bonds. The lowest BCUT2D eigenvalue weighted by Crippen LogP contribution is -2.26. The number of benzene rings is 8. The van der Waals surface area contributed by atoms with E-state index < -0.39 is 0 Å². The van der Waals surface area contributed by atoms with Crippen LogP contribution >= 0.6 is 0 Å². The number of hydrogen-bond donors (Lipinski definition) is 0. The third-order valence-electron chi connectivity index (χ3n) is 12.3. The normalized spacial score (nSPS) is 13.3. The zero-order chi connectivity index (χ0) is 40.8. The third kappa shape index (κ3) is 6.20. The number of hydrogen-bond acceptors (Lipinski definition) is 1. The molecular formula is C58H46N2. The van der Waals surface area contributed by atoms with Gasteiger partial charge in [0, 0.05) is 38.4 Å². The Bertz CT molecular complexity index is 3070. The molecule has 1 aromatic heterocycles. The summed E-state index contributed by atoms with van der Waals surface area (Å²) < 4.78 is 2.28. The fourth-order valence-corrected chi connectivity index (χ4v) is 9.43. The zero-order valence-corrected chi connectivity index (χ0v) is 34.3. The highest BCUT2D eigenvalue weighted by Gasteiger charge is 2.40. The van der Waals surface area contributed by atoms with Crippen molar-refractivity contribution in [1.82, 2.24) is 4.57 Å². The van der Waals surface area contributed by atoms with E-state index in [0.717, 1.165) is 38.7 Å². The van der Waals surface area contributed by atoms with Gasteiger partial charge >= 0.3 is 0 Å². The van der Waals surface area contributed by atoms with Crippen molar-refractivity contribution in [3.05, 3.63) is 234 Å². The van der Waals surface area contributed by atoms with Gasteiger partial charge in [0.1, 0.15) is 0 Å². The maximum Gasteiger partial charge on any atom is 0.0540 e. The number of allylic oxidation sites excluding steroid dienone is 2. The van der Waals surface area contributed by atoms with Gasteiger partial charge in [0.15, 0.2) is 0 Å². The number of para-hydroxylation sites is 2. The van der Waals surface area contributed by atoms with E-state index in [4.69, 9.17) is 6.58 Å². The Morgan fingerprint density at radius 1 is 0.550 bits per heavy atom. The average molecular weight is 771 g/mol. The molecule has 0 spiro atoms. The van der Waals surface area contributed by atoms with E-state index >= 15 is 0 Å². The minimum absolute atomic E-state index is 0.289. The second-order valence-electron chi connectivity index (χ2n) is 16.2. The summed E-state index contributed by atoms with van der Waals surface area (Å²) in [6.45, 7) is 11.6. The van der Waals surface area contributed by atoms with E-state index in [2.05, 4.69) is 243 Å². The molecule has 0 saturated heterocycles. The summed E-state index contributed by atoms with van der Waals surface area (Å²) in [5.41, 5.74) is 17.7. The Morgan fingerprint density at radius 3 is 1.67 bits per heavy atom. The quantitative estimate of drug-likeness (QED) is 0.149. The monoisotopic (exact) mass is 770 g/mol. The Morgan fingerprint density at radius 2 is 1.07 bits per heavy atom. The minimum atomic E-state index is -0.289. The first kappa shape index (κ1) is 36.9. The second-order valence-corrected chi connectivity index (χ2v) is 16.2. The van der Waals surface area contributed by atoms with Crippen molar-refractivity contribution in [3.63, 3.8) is 0 Å². The first-order valence-electron chi connectivity index (χ1n) is 20.8. The summed E-state index contributed by atoms with van der Waals surface area (Å²) in [6.07, 6.45) is 4.62. The Hall–Kier alpha value is -7.42. The van der Waals surface area contributed by atoms with Crippen LogP contribution in [0.2, 0.25) is 0 Å². The van der Waals surface area contributed by atoms with Gasteiger partial charge in [-0.05, 0) is 117 Å². The number of nitrogens with zero attached hydrogens (tertiary/aromatic N) is 2. The van der Waals surface area contributed by atoms with Gasteiger partial charge < -0.3 is 9.47 Å². The summed E-state index contributed by atoms with van der Waals surface area (Å²) in [5.74, 6) is 0. The number of fused-ring (bicyclic) bond motifs is 4. The molecule has 2 nitrogen and oxygen atoms in total. The van der Waals surface area contributed by atoms with Gasteiger partial charge in [-0.3, -0.25) is 0 Å². The molecule has 0 saturated carbocycles. The summed E-state index contributed by atoms with van der Waals surface area (Å²) in [6, 6.07) is 72.2. The topological polar surface area (TPSA) is 8.17 Å². The molecule has 1 aliphatic rings. The number of anilines is 3. The van der Waals surface area contributed by atoms with Crippen LogP contribution in [0, 0.1) is 0 Å². The molecule has 0 atom stereocenters. The molecule has 8 aromatic carbocycles. The van der Waals surface area contributed by atoms with Crippen LogP contribution in [0.25, 0.3) is 68.2 Å². The Balaban J connectivity index is 1.19. The van der Waals surface area contributed by atoms with Crippen molar-refractivity contribution >= 4 is 46.2 Å². The van der Waals surface area contributed by atoms with Crippen LogP contribution in [0.15, 0.2) is 206 Å². The fraction of sp³-hybridized carbons (Fsp3) is 0.0690. The van der Waals surface area contributed by atoms with Crippen molar-refractivity contribution in [2.24, 2.45) is 0 Å². The first-order valence-corrected chi connectivity index (χ1v) is 20.8. The van der Waals surface area contributed by atoms with Crippen molar-refractivity contribution in [3.8, 4) is 39.1 Å². The van der Waals surface area contributed by atoms with Gasteiger partial charge in [-0.1, -0.05) is 178 Å². The summed E-state index contributed by atoms with van der Waals surface area (Å²) in [4.78, 5) is 2.46. The fourth-order valence-electron chi connectivity index (χ4n) is 9.43. The molecule has 1 heterocycles. The van der Waals surface area contributed by atoms with Crippen molar-refractivity contribution in [2.45, 2.75) is 26.2 Å². The van der Waals surface area contributed by atoms with Crippen molar-refractivity contribution in [2.75, 3.05) is 4.90 Å². The van der Waals surface area contributed by atoms with Crippen LogP contribution in [0.1, 0.15) is 37.5 Å². The molecule has 10 rings (SSSR count). The largest absolute Gasteiger partial charge is 0.310 e. The van der Waals surface area contributed by atoms with Gasteiger partial charge in [-0.25, -0.2) is 0 Å². The predicted molar refractivity (Wildman–Crippen MR) is 256 cm³/mol. The lowest BCUT2D eigenvalue weighted by atomic mass is 9.80. The van der Waals surface area contributed by atoms with Crippen LogP contribution in [-0.4, -0.2) is 4.57 Å². The number of rotatable bonds is 8. The molecule has 0 unspecified atom stereocenters. The lowest BCUT2D eigenvalue weighted by molar-refractivity contribution is 0.660. The molecule has 1 aliphatic carbocycles. The van der Waals surface area contributed by atoms with Crippen molar-refractivity contribution in [1.29, 1.82) is 0 Å². The molecule has 9 aromatic rings. The highest BCUT2D eigenvalue weighted by atomic mass is 15.1. The summed E-state index contributed by atoms with van der Waals surface area (Å²) in [5, 5.41) is 3.29. The van der Waals surface area contributed by atoms with Gasteiger partial charge in [-0.15, -0.1) is 0 Å². The van der Waals surface area contributed by atoms with Gasteiger partial charge in [0.2, 0.25) is 0 Å². The second kappa shape index (κ2) is 15.1. The standard InChI is InChI=1S/C58H46N2/c1-5-41(39-52-40(2)59(46-23-13-8-14-24-46)54-28-18-16-25-50(52)54)49-37-38-55(57-56(49)51-26-15-17-27-53(51)58(57,3)4)60(47-33-29-44(30-34-47)42-19-9-6-10-20-42)48-35-31-45(32-36-48)43-21-11-7-12-22-43/h5-39H,2H2,1,3-4H3/b41-5+,52-39+. The van der Waals surface area contributed by atoms with E-state index in [1.807, 2.05) is 0 Å². The van der Waals surface area contributed by atoms with E-state index in [0.29, 0.717) is 0 Å². The van der Waals surface area contributed by atoms with Crippen LogP contribution in [0.4, 0.5) is 17.1 Å². The molecule has 0 bridgehead atoms. The Labute approximate surface area is 353 Å². The third-order valence-corrected chi connectivity index (χ3v) is 12.3. The van der Waals surface area contributed by atoms with E-state index in [9.17, 15) is 0 Å². The maximum atomic E-state index is 4.70. The average Bonchev–Trinajstić information content (AvgIpc) is 3.73. The van der Waals surface area contributed by atoms with Crippen LogP contribution in [0.5, 0.6) is 0 Å². The molecule has 2 heteroatoms. The molecule has 288 valence electrons. The van der Waals surface area contributed by atoms with Gasteiger partial charge in [0.05, 0.1) is 11.2 Å². The van der Waals surface area contributed by atoms with Crippen molar-refractivity contribution < 1.29 is 0 Å². The zero-order valence-electron chi connectivity index (χ0n) is 34.3. The van der Waals surface area contributed by atoms with Gasteiger partial charge in [-0.2, -0.15) is 0 Å². The molecule has 0 aliphatic heterocycles. The van der Waals surface area contributed by atoms with E-state index in [1.165, 1.54) is 61.1 Å². The first-order chi connectivity index (χ1) is 29.4. The van der Waals surface area contributed by atoms with Crippen LogP contribution in [0.3, 0.4) is 0 Å². The molecule has 60 heavy (non-hydrogen) atoms. The van der Waals surface area contributed by atoms with Crippen LogP contribution < -0.4 is 15.5 Å². The molecule has 0 N–H and O–H groups in total. The summed E-state index contributed by atoms with van der Waals surface area (Å²) >= 11 is 0. The Kier molecular flexibility index (Phi) is 9.26. The SMILES string of the molecule is C=c1/c(=C\C(=C/C)c2ccc(N(c3ccc(-c4ccccc4)cc3)c3ccc(-c4ccccc4)cc3)c3c2-c2ccccc2C3(C)C)c2ccccc2n1-c1ccccc1. The highest BCUT2D eigenvalue weighted by molar-refractivity contribution is 6.03. The highest BCUT2D eigenvalue weighted by Crippen LogP contribution is 2.56. The number of aromatic nitrogens is 1. The van der Waals surface area contributed by atoms with E-state index in [1.54, 1.807) is 0 Å².